The molecule has 1 rings (SSSR count). The average Bonchev–Trinajstić information content (AvgIpc) is 3.31. The second-order valence-corrected chi connectivity index (χ2v) is 8.98. The van der Waals surface area contributed by atoms with E-state index in [4.69, 9.17) is 16.6 Å². The number of amides is 4. The van der Waals surface area contributed by atoms with Crippen molar-refractivity contribution >= 4 is 35.6 Å². The smallest absolute Gasteiger partial charge is 0.326 e. The fourth-order valence-electron chi connectivity index (χ4n) is 3.31. The molecular formula is C22H35N7O8. The topological polar surface area (TPSA) is 260 Å². The van der Waals surface area contributed by atoms with E-state index in [1.165, 1.54) is 12.5 Å². The fourth-order valence-corrected chi connectivity index (χ4v) is 3.31. The highest BCUT2D eigenvalue weighted by atomic mass is 16.4. The van der Waals surface area contributed by atoms with E-state index in [-0.39, 0.29) is 38.0 Å². The van der Waals surface area contributed by atoms with Gasteiger partial charge in [0.25, 0.3) is 0 Å². The summed E-state index contributed by atoms with van der Waals surface area (Å²) < 4.78 is 0. The summed E-state index contributed by atoms with van der Waals surface area (Å²) in [5.74, 6) is -5.69. The summed E-state index contributed by atoms with van der Waals surface area (Å²) in [6.45, 7) is 3.59. The molecule has 0 saturated heterocycles. The predicted octanol–water partition coefficient (Wildman–Crippen LogP) is -2.01. The normalized spacial score (nSPS) is 14.2. The summed E-state index contributed by atoms with van der Waals surface area (Å²) in [7, 11) is 0. The zero-order valence-corrected chi connectivity index (χ0v) is 20.7. The third-order valence-electron chi connectivity index (χ3n) is 5.25. The molecule has 15 nitrogen and oxygen atoms in total. The Bertz CT molecular complexity index is 951. The van der Waals surface area contributed by atoms with Gasteiger partial charge in [0.05, 0.1) is 12.4 Å². The number of primary amides is 1. The van der Waals surface area contributed by atoms with Crippen molar-refractivity contribution < 1.29 is 39.0 Å². The number of carbonyl (C=O) groups excluding carboxylic acids is 4. The third-order valence-corrected chi connectivity index (χ3v) is 5.25. The van der Waals surface area contributed by atoms with E-state index in [0.717, 1.165) is 0 Å². The number of imidazole rings is 1. The number of aliphatic carboxylic acids is 2. The lowest BCUT2D eigenvalue weighted by Gasteiger charge is -2.26. The Morgan fingerprint density at radius 1 is 0.919 bits per heavy atom. The zero-order chi connectivity index (χ0) is 28.1. The van der Waals surface area contributed by atoms with E-state index in [9.17, 15) is 33.9 Å². The van der Waals surface area contributed by atoms with Crippen molar-refractivity contribution in [2.45, 2.75) is 76.5 Å². The Morgan fingerprint density at radius 3 is 2.03 bits per heavy atom. The van der Waals surface area contributed by atoms with E-state index in [0.29, 0.717) is 5.69 Å². The van der Waals surface area contributed by atoms with Crippen molar-refractivity contribution in [3.05, 3.63) is 18.2 Å². The number of hydrogen-bond donors (Lipinski definition) is 8. The molecule has 37 heavy (non-hydrogen) atoms. The van der Waals surface area contributed by atoms with Crippen LogP contribution in [0.1, 0.15) is 51.6 Å². The third kappa shape index (κ3) is 12.0. The van der Waals surface area contributed by atoms with Gasteiger partial charge in [0.1, 0.15) is 18.1 Å². The van der Waals surface area contributed by atoms with Crippen molar-refractivity contribution in [1.82, 2.24) is 25.9 Å². The van der Waals surface area contributed by atoms with E-state index in [2.05, 4.69) is 25.9 Å². The lowest BCUT2D eigenvalue weighted by Crippen LogP contribution is -2.57. The lowest BCUT2D eigenvalue weighted by atomic mass is 10.0. The van der Waals surface area contributed by atoms with Crippen molar-refractivity contribution in [3.8, 4) is 0 Å². The standard InChI is InChI=1S/C22H35N7O8/c1-11(2)7-15(28-19(33)13(23)3-5-17(24)30)21(35)27-14(4-6-18(31)32)20(34)29-16(22(36)37)8-12-9-25-10-26-12/h9-11,13-16H,3-8,23H2,1-2H3,(H2,24,30)(H,25,26)(H,27,35)(H,28,33)(H,29,34)(H,31,32)(H,36,37). The van der Waals surface area contributed by atoms with Crippen LogP contribution in [-0.4, -0.2) is 79.9 Å². The summed E-state index contributed by atoms with van der Waals surface area (Å²) in [6.07, 6.45) is 1.78. The highest BCUT2D eigenvalue weighted by molar-refractivity contribution is 5.94. The van der Waals surface area contributed by atoms with Crippen LogP contribution in [0.2, 0.25) is 0 Å². The minimum absolute atomic E-state index is 0.0340. The van der Waals surface area contributed by atoms with Gasteiger partial charge in [0.15, 0.2) is 0 Å². The molecule has 0 aliphatic heterocycles. The molecule has 10 N–H and O–H groups in total. The zero-order valence-electron chi connectivity index (χ0n) is 20.7. The number of hydrogen-bond acceptors (Lipinski definition) is 8. The Hall–Kier alpha value is -4.01. The maximum Gasteiger partial charge on any atom is 0.326 e. The Kier molecular flexibility index (Phi) is 12.7. The SMILES string of the molecule is CC(C)CC(NC(=O)C(N)CCC(N)=O)C(=O)NC(CCC(=O)O)C(=O)NC(Cc1cnc[nH]1)C(=O)O. The number of carbonyl (C=O) groups is 6. The quantitative estimate of drug-likeness (QED) is 0.111. The second kappa shape index (κ2) is 15.2. The van der Waals surface area contributed by atoms with Gasteiger partial charge in [-0.2, -0.15) is 0 Å². The Balaban J connectivity index is 2.99. The minimum atomic E-state index is -1.40. The van der Waals surface area contributed by atoms with E-state index >= 15 is 0 Å². The Labute approximate surface area is 213 Å². The molecule has 0 radical (unpaired) electrons. The van der Waals surface area contributed by atoms with Gasteiger partial charge in [-0.3, -0.25) is 24.0 Å². The fraction of sp³-hybridized carbons (Fsp3) is 0.591. The molecule has 4 atom stereocenters. The van der Waals surface area contributed by atoms with Crippen molar-refractivity contribution in [1.29, 1.82) is 0 Å². The van der Waals surface area contributed by atoms with Crippen molar-refractivity contribution in [3.63, 3.8) is 0 Å². The molecule has 206 valence electrons. The maximum absolute atomic E-state index is 13.0. The van der Waals surface area contributed by atoms with E-state index in [1.807, 2.05) is 0 Å². The highest BCUT2D eigenvalue weighted by Gasteiger charge is 2.31. The molecular weight excluding hydrogens is 490 g/mol. The van der Waals surface area contributed by atoms with E-state index in [1.54, 1.807) is 13.8 Å². The number of rotatable bonds is 17. The predicted molar refractivity (Wildman–Crippen MR) is 128 cm³/mol. The molecule has 4 amide bonds. The first kappa shape index (κ1) is 31.0. The number of nitrogens with one attached hydrogen (secondary N) is 4. The lowest BCUT2D eigenvalue weighted by molar-refractivity contribution is -0.143. The van der Waals surface area contributed by atoms with E-state index < -0.39 is 66.2 Å². The van der Waals surface area contributed by atoms with Crippen LogP contribution in [0.15, 0.2) is 12.5 Å². The molecule has 4 unspecified atom stereocenters. The summed E-state index contributed by atoms with van der Waals surface area (Å²) in [4.78, 5) is 78.6. The number of nitrogens with two attached hydrogens (primary N) is 2. The highest BCUT2D eigenvalue weighted by Crippen LogP contribution is 2.09. The number of nitrogens with zero attached hydrogens (tertiary/aromatic N) is 1. The first-order chi connectivity index (χ1) is 17.3. The first-order valence-electron chi connectivity index (χ1n) is 11.7. The molecule has 1 aromatic rings. The number of carboxylic acid groups (broad SMARTS) is 2. The van der Waals surface area contributed by atoms with Gasteiger partial charge in [0.2, 0.25) is 23.6 Å². The summed E-state index contributed by atoms with van der Waals surface area (Å²) in [5, 5.41) is 25.8. The van der Waals surface area contributed by atoms with Gasteiger partial charge < -0.3 is 42.6 Å². The maximum atomic E-state index is 13.0. The molecule has 0 spiro atoms. The molecule has 1 aromatic heterocycles. The van der Waals surface area contributed by atoms with Crippen LogP contribution < -0.4 is 27.4 Å². The van der Waals surface area contributed by atoms with Crippen LogP contribution in [0.25, 0.3) is 0 Å². The molecule has 1 heterocycles. The molecule has 0 aliphatic rings. The monoisotopic (exact) mass is 525 g/mol. The van der Waals surface area contributed by atoms with Crippen LogP contribution in [0, 0.1) is 5.92 Å². The van der Waals surface area contributed by atoms with Crippen LogP contribution in [0.4, 0.5) is 0 Å². The molecule has 0 aromatic carbocycles. The van der Waals surface area contributed by atoms with Gasteiger partial charge in [-0.15, -0.1) is 0 Å². The number of carboxylic acids is 2. The van der Waals surface area contributed by atoms with Gasteiger partial charge in [-0.1, -0.05) is 13.8 Å². The van der Waals surface area contributed by atoms with Crippen LogP contribution >= 0.6 is 0 Å². The Morgan fingerprint density at radius 2 is 1.51 bits per heavy atom. The molecule has 0 fully saturated rings. The van der Waals surface area contributed by atoms with Crippen LogP contribution in [0.5, 0.6) is 0 Å². The molecule has 0 saturated carbocycles. The summed E-state index contributed by atoms with van der Waals surface area (Å²) >= 11 is 0. The number of aromatic nitrogens is 2. The number of H-pyrrole nitrogens is 1. The molecule has 0 aliphatic carbocycles. The van der Waals surface area contributed by atoms with Crippen molar-refractivity contribution in [2.24, 2.45) is 17.4 Å². The first-order valence-corrected chi connectivity index (χ1v) is 11.7. The van der Waals surface area contributed by atoms with Crippen molar-refractivity contribution in [2.75, 3.05) is 0 Å². The minimum Gasteiger partial charge on any atom is -0.481 e. The second-order valence-electron chi connectivity index (χ2n) is 8.98. The van der Waals surface area contributed by atoms with Crippen LogP contribution in [-0.2, 0) is 35.2 Å². The molecule has 15 heteroatoms. The van der Waals surface area contributed by atoms with Gasteiger partial charge in [-0.05, 0) is 25.2 Å². The average molecular weight is 526 g/mol. The largest absolute Gasteiger partial charge is 0.481 e. The molecule has 0 bridgehead atoms. The summed E-state index contributed by atoms with van der Waals surface area (Å²) in [6, 6.07) is -5.03. The summed E-state index contributed by atoms with van der Waals surface area (Å²) in [5.41, 5.74) is 11.3. The van der Waals surface area contributed by atoms with Crippen LogP contribution in [0.3, 0.4) is 0 Å². The van der Waals surface area contributed by atoms with Gasteiger partial charge >= 0.3 is 11.9 Å². The van der Waals surface area contributed by atoms with Gasteiger partial charge in [0, 0.05) is 31.2 Å². The number of aromatic amines is 1. The van der Waals surface area contributed by atoms with Gasteiger partial charge in [-0.25, -0.2) is 9.78 Å².